The first-order chi connectivity index (χ1) is 9.87. The van der Waals surface area contributed by atoms with E-state index in [9.17, 15) is 14.7 Å². The standard InChI is InChI=1S/C15H29N3O3/c1-11(17)13(19)18(2)15(14(20)21,9-6-10-16)12-7-4-3-5-8-12/h11-12H,3-10,16-17H2,1-2H3,(H,20,21)/t11-,15+/m0/s1. The summed E-state index contributed by atoms with van der Waals surface area (Å²) in [5.74, 6) is -1.28. The molecule has 5 N–H and O–H groups in total. The van der Waals surface area contributed by atoms with Crippen LogP contribution in [0.2, 0.25) is 0 Å². The van der Waals surface area contributed by atoms with Gasteiger partial charge in [-0.05, 0) is 45.1 Å². The molecule has 0 aromatic rings. The van der Waals surface area contributed by atoms with E-state index in [1.54, 1.807) is 14.0 Å². The summed E-state index contributed by atoms with van der Waals surface area (Å²) in [6, 6.07) is -0.699. The van der Waals surface area contributed by atoms with Crippen LogP contribution in [0.1, 0.15) is 51.9 Å². The predicted octanol–water partition coefficient (Wildman–Crippen LogP) is 0.935. The number of carboxylic acids is 1. The minimum absolute atomic E-state index is 0.0250. The second-order valence-electron chi connectivity index (χ2n) is 6.14. The van der Waals surface area contributed by atoms with Gasteiger partial charge in [0.1, 0.15) is 5.54 Å². The Bertz CT molecular complexity index is 367. The van der Waals surface area contributed by atoms with Gasteiger partial charge in [-0.1, -0.05) is 19.3 Å². The van der Waals surface area contributed by atoms with E-state index in [-0.39, 0.29) is 11.8 Å². The van der Waals surface area contributed by atoms with Gasteiger partial charge >= 0.3 is 5.97 Å². The van der Waals surface area contributed by atoms with Crippen LogP contribution in [0.25, 0.3) is 0 Å². The Morgan fingerprint density at radius 1 is 1.33 bits per heavy atom. The van der Waals surface area contributed by atoms with Gasteiger partial charge in [-0.3, -0.25) is 4.79 Å². The molecular weight excluding hydrogens is 270 g/mol. The monoisotopic (exact) mass is 299 g/mol. The van der Waals surface area contributed by atoms with Crippen molar-refractivity contribution in [2.45, 2.75) is 63.5 Å². The highest BCUT2D eigenvalue weighted by Gasteiger charge is 2.50. The normalized spacial score (nSPS) is 20.6. The lowest BCUT2D eigenvalue weighted by Gasteiger charge is -2.46. The molecule has 6 nitrogen and oxygen atoms in total. The van der Waals surface area contributed by atoms with Crippen molar-refractivity contribution < 1.29 is 14.7 Å². The number of carboxylic acid groups (broad SMARTS) is 1. The van der Waals surface area contributed by atoms with Crippen molar-refractivity contribution in [2.75, 3.05) is 13.6 Å². The van der Waals surface area contributed by atoms with Crippen LogP contribution in [0.5, 0.6) is 0 Å². The van der Waals surface area contributed by atoms with Gasteiger partial charge in [0.05, 0.1) is 6.04 Å². The Hall–Kier alpha value is -1.14. The third-order valence-corrected chi connectivity index (χ3v) is 4.73. The number of carbonyl (C=O) groups is 2. The summed E-state index contributed by atoms with van der Waals surface area (Å²) in [6.07, 6.45) is 5.82. The molecule has 0 aliphatic heterocycles. The van der Waals surface area contributed by atoms with Crippen LogP contribution in [-0.4, -0.2) is 47.1 Å². The van der Waals surface area contributed by atoms with Crippen molar-refractivity contribution in [3.8, 4) is 0 Å². The number of nitrogens with two attached hydrogens (primary N) is 2. The maximum Gasteiger partial charge on any atom is 0.329 e. The average Bonchev–Trinajstić information content (AvgIpc) is 2.47. The number of amides is 1. The van der Waals surface area contributed by atoms with Gasteiger partial charge in [0.2, 0.25) is 5.91 Å². The molecule has 0 saturated heterocycles. The maximum atomic E-state index is 12.3. The first kappa shape index (κ1) is 17.9. The van der Waals surface area contributed by atoms with E-state index in [0.717, 1.165) is 32.1 Å². The number of hydrogen-bond acceptors (Lipinski definition) is 4. The Balaban J connectivity index is 3.15. The molecule has 1 amide bonds. The summed E-state index contributed by atoms with van der Waals surface area (Å²) in [4.78, 5) is 25.8. The van der Waals surface area contributed by atoms with Gasteiger partial charge in [-0.25, -0.2) is 4.79 Å². The van der Waals surface area contributed by atoms with Gasteiger partial charge in [0.15, 0.2) is 0 Å². The predicted molar refractivity (Wildman–Crippen MR) is 81.6 cm³/mol. The van der Waals surface area contributed by atoms with Gasteiger partial charge < -0.3 is 21.5 Å². The number of likely N-dealkylation sites (N-methyl/N-ethyl adjacent to an activating group) is 1. The zero-order chi connectivity index (χ0) is 16.0. The highest BCUT2D eigenvalue weighted by atomic mass is 16.4. The number of rotatable bonds is 7. The second kappa shape index (κ2) is 7.75. The number of hydrogen-bond donors (Lipinski definition) is 3. The average molecular weight is 299 g/mol. The molecule has 0 heterocycles. The van der Waals surface area contributed by atoms with Crippen molar-refractivity contribution in [2.24, 2.45) is 17.4 Å². The molecule has 1 aliphatic rings. The molecule has 1 fully saturated rings. The maximum absolute atomic E-state index is 12.3. The molecule has 0 unspecified atom stereocenters. The summed E-state index contributed by atoms with van der Waals surface area (Å²) in [7, 11) is 1.57. The molecule has 6 heteroatoms. The lowest BCUT2D eigenvalue weighted by atomic mass is 9.71. The Morgan fingerprint density at radius 2 is 1.90 bits per heavy atom. The fraction of sp³-hybridized carbons (Fsp3) is 0.867. The molecule has 21 heavy (non-hydrogen) atoms. The Morgan fingerprint density at radius 3 is 2.33 bits per heavy atom. The summed E-state index contributed by atoms with van der Waals surface area (Å²) in [5.41, 5.74) is 10.1. The summed E-state index contributed by atoms with van der Waals surface area (Å²) in [5, 5.41) is 9.93. The fourth-order valence-corrected chi connectivity index (χ4v) is 3.52. The molecule has 122 valence electrons. The second-order valence-corrected chi connectivity index (χ2v) is 6.14. The first-order valence-electron chi connectivity index (χ1n) is 7.84. The van der Waals surface area contributed by atoms with E-state index in [0.29, 0.717) is 19.4 Å². The van der Waals surface area contributed by atoms with Crippen LogP contribution in [0.15, 0.2) is 0 Å². The molecule has 0 aromatic heterocycles. The van der Waals surface area contributed by atoms with Crippen molar-refractivity contribution in [1.82, 2.24) is 4.90 Å². The molecule has 1 rings (SSSR count). The van der Waals surface area contributed by atoms with Crippen LogP contribution in [-0.2, 0) is 9.59 Å². The molecule has 0 bridgehead atoms. The van der Waals surface area contributed by atoms with Gasteiger partial charge in [0.25, 0.3) is 0 Å². The zero-order valence-corrected chi connectivity index (χ0v) is 13.2. The molecule has 1 saturated carbocycles. The van der Waals surface area contributed by atoms with Crippen LogP contribution >= 0.6 is 0 Å². The van der Waals surface area contributed by atoms with E-state index in [1.165, 1.54) is 4.90 Å². The van der Waals surface area contributed by atoms with Crippen molar-refractivity contribution in [3.63, 3.8) is 0 Å². The third-order valence-electron chi connectivity index (χ3n) is 4.73. The van der Waals surface area contributed by atoms with E-state index in [4.69, 9.17) is 11.5 Å². The third kappa shape index (κ3) is 3.74. The lowest BCUT2D eigenvalue weighted by molar-refractivity contribution is -0.164. The van der Waals surface area contributed by atoms with Crippen LogP contribution in [0, 0.1) is 5.92 Å². The highest BCUT2D eigenvalue weighted by molar-refractivity contribution is 5.89. The van der Waals surface area contributed by atoms with E-state index in [2.05, 4.69) is 0 Å². The van der Waals surface area contributed by atoms with Crippen molar-refractivity contribution >= 4 is 11.9 Å². The summed E-state index contributed by atoms with van der Waals surface area (Å²) < 4.78 is 0. The van der Waals surface area contributed by atoms with Gasteiger partial charge in [-0.15, -0.1) is 0 Å². The van der Waals surface area contributed by atoms with Crippen molar-refractivity contribution in [3.05, 3.63) is 0 Å². The molecule has 2 atom stereocenters. The molecule has 1 aliphatic carbocycles. The topological polar surface area (TPSA) is 110 Å². The van der Waals surface area contributed by atoms with Crippen LogP contribution in [0.4, 0.5) is 0 Å². The smallest absolute Gasteiger partial charge is 0.329 e. The van der Waals surface area contributed by atoms with E-state index >= 15 is 0 Å². The fourth-order valence-electron chi connectivity index (χ4n) is 3.52. The van der Waals surface area contributed by atoms with Gasteiger partial charge in [-0.2, -0.15) is 0 Å². The lowest BCUT2D eigenvalue weighted by Crippen LogP contribution is -2.62. The Kier molecular flexibility index (Phi) is 6.61. The van der Waals surface area contributed by atoms with Crippen LogP contribution < -0.4 is 11.5 Å². The molecule has 0 spiro atoms. The highest BCUT2D eigenvalue weighted by Crippen LogP contribution is 2.39. The quantitative estimate of drug-likeness (QED) is 0.648. The zero-order valence-electron chi connectivity index (χ0n) is 13.2. The van der Waals surface area contributed by atoms with E-state index < -0.39 is 17.6 Å². The number of aliphatic carboxylic acids is 1. The number of nitrogens with zero attached hydrogens (tertiary/aromatic N) is 1. The van der Waals surface area contributed by atoms with Crippen LogP contribution in [0.3, 0.4) is 0 Å². The molecular formula is C15H29N3O3. The largest absolute Gasteiger partial charge is 0.479 e. The van der Waals surface area contributed by atoms with E-state index in [1.807, 2.05) is 0 Å². The molecule has 0 radical (unpaired) electrons. The minimum atomic E-state index is -1.18. The number of carbonyl (C=O) groups excluding carboxylic acids is 1. The SMILES string of the molecule is C[C@H](N)C(=O)N(C)[C@@](CCCN)(C(=O)O)C1CCCCC1. The van der Waals surface area contributed by atoms with Gasteiger partial charge in [0, 0.05) is 7.05 Å². The minimum Gasteiger partial charge on any atom is -0.479 e. The van der Waals surface area contributed by atoms with Crippen molar-refractivity contribution in [1.29, 1.82) is 0 Å². The summed E-state index contributed by atoms with van der Waals surface area (Å²) >= 11 is 0. The first-order valence-corrected chi connectivity index (χ1v) is 7.84. The Labute approximate surface area is 126 Å². The summed E-state index contributed by atoms with van der Waals surface area (Å²) in [6.45, 7) is 2.01. The molecule has 0 aromatic carbocycles.